The molecule has 0 spiro atoms. The molecule has 2 aromatic heterocycles. The maximum Gasteiger partial charge on any atom is 0.403 e. The second-order valence-corrected chi connectivity index (χ2v) is 5.84. The molecule has 2 aromatic rings. The van der Waals surface area contributed by atoms with Crippen molar-refractivity contribution in [1.82, 2.24) is 19.5 Å². The Morgan fingerprint density at radius 2 is 2.23 bits per heavy atom. The largest absolute Gasteiger partial charge is 0.461 e. The van der Waals surface area contributed by atoms with Crippen LogP contribution in [-0.2, 0) is 20.4 Å². The van der Waals surface area contributed by atoms with Gasteiger partial charge in [-0.05, 0) is 19.9 Å². The molecule has 0 radical (unpaired) electrons. The summed E-state index contributed by atoms with van der Waals surface area (Å²) in [5.74, 6) is -0.249. The van der Waals surface area contributed by atoms with Gasteiger partial charge in [-0.25, -0.2) is 24.4 Å². The van der Waals surface area contributed by atoms with Crippen molar-refractivity contribution in [3.05, 3.63) is 29.8 Å². The molecule has 0 aliphatic heterocycles. The molecule has 9 nitrogen and oxygen atoms in total. The first kappa shape index (κ1) is 16.6. The van der Waals surface area contributed by atoms with Crippen LogP contribution in [0.5, 0.6) is 0 Å². The summed E-state index contributed by atoms with van der Waals surface area (Å²) in [4.78, 5) is 29.3. The lowest BCUT2D eigenvalue weighted by Crippen LogP contribution is -2.14. The lowest BCUT2D eigenvalue weighted by atomic mass is 10.4. The molecule has 0 fully saturated rings. The van der Waals surface area contributed by atoms with Gasteiger partial charge in [-0.1, -0.05) is 0 Å². The van der Waals surface area contributed by atoms with Crippen molar-refractivity contribution < 1.29 is 23.5 Å². The topological polar surface area (TPSA) is 115 Å². The van der Waals surface area contributed by atoms with Gasteiger partial charge in [0.25, 0.3) is 0 Å². The van der Waals surface area contributed by atoms with Crippen LogP contribution in [0.3, 0.4) is 0 Å². The summed E-state index contributed by atoms with van der Waals surface area (Å²) >= 11 is 0. The Balaban J connectivity index is 2.23. The number of aromatic nitrogens is 3. The maximum absolute atomic E-state index is 11.7. The number of rotatable bonds is 7. The highest BCUT2D eigenvalue weighted by atomic mass is 31.2. The van der Waals surface area contributed by atoms with Crippen LogP contribution < -0.4 is 5.09 Å². The van der Waals surface area contributed by atoms with Crippen molar-refractivity contribution in [2.24, 2.45) is 0 Å². The molecule has 22 heavy (non-hydrogen) atoms. The van der Waals surface area contributed by atoms with Gasteiger partial charge in [0.1, 0.15) is 0 Å². The number of fused-ring (bicyclic) bond motifs is 1. The number of carbonyl (C=O) groups excluding carboxylic acids is 1. The molecule has 0 amide bonds. The van der Waals surface area contributed by atoms with Crippen molar-refractivity contribution in [3.63, 3.8) is 0 Å². The molecule has 0 saturated heterocycles. The lowest BCUT2D eigenvalue weighted by Gasteiger charge is -2.12. The van der Waals surface area contributed by atoms with Crippen molar-refractivity contribution in [1.29, 1.82) is 0 Å². The van der Waals surface area contributed by atoms with Gasteiger partial charge in [-0.3, -0.25) is 8.92 Å². The van der Waals surface area contributed by atoms with E-state index in [1.54, 1.807) is 24.3 Å². The minimum atomic E-state index is -3.85. The second kappa shape index (κ2) is 6.97. The summed E-state index contributed by atoms with van der Waals surface area (Å²) in [5.41, 5.74) is 0.723. The van der Waals surface area contributed by atoms with Gasteiger partial charge in [-0.15, -0.1) is 0 Å². The van der Waals surface area contributed by atoms with E-state index in [9.17, 15) is 14.3 Å². The van der Waals surface area contributed by atoms with Crippen molar-refractivity contribution in [3.8, 4) is 0 Å². The number of imidazole rings is 1. The molecule has 120 valence electrons. The smallest absolute Gasteiger partial charge is 0.403 e. The highest BCUT2D eigenvalue weighted by Gasteiger charge is 2.19. The molecule has 0 aromatic carbocycles. The van der Waals surface area contributed by atoms with Crippen LogP contribution in [0.4, 0.5) is 0 Å². The minimum absolute atomic E-state index is 0.0470. The van der Waals surface area contributed by atoms with Crippen LogP contribution in [0, 0.1) is 0 Å². The molecule has 0 aliphatic rings. The fourth-order valence-electron chi connectivity index (χ4n) is 1.79. The molecule has 1 atom stereocenters. The summed E-state index contributed by atoms with van der Waals surface area (Å²) in [7, 11) is -3.85. The molecule has 0 bridgehead atoms. The van der Waals surface area contributed by atoms with Crippen molar-refractivity contribution in [2.45, 2.75) is 20.4 Å². The number of hydrogen-bond acceptors (Lipinski definition) is 6. The average molecular weight is 328 g/mol. The first-order chi connectivity index (χ1) is 10.5. The summed E-state index contributed by atoms with van der Waals surface area (Å²) in [6.45, 7) is 3.73. The Bertz CT molecular complexity index is 717. The Labute approximate surface area is 126 Å². The monoisotopic (exact) mass is 328 g/mol. The number of nitrogens with zero attached hydrogens (tertiary/aromatic N) is 3. The second-order valence-electron chi connectivity index (χ2n) is 4.23. The first-order valence-corrected chi connectivity index (χ1v) is 8.27. The van der Waals surface area contributed by atoms with E-state index in [0.29, 0.717) is 11.5 Å². The summed E-state index contributed by atoms with van der Waals surface area (Å²) < 4.78 is 22.8. The van der Waals surface area contributed by atoms with E-state index in [4.69, 9.17) is 9.26 Å². The van der Waals surface area contributed by atoms with Crippen LogP contribution in [0.25, 0.3) is 5.78 Å². The zero-order valence-electron chi connectivity index (χ0n) is 12.2. The quantitative estimate of drug-likeness (QED) is 0.574. The molecule has 2 rings (SSSR count). The van der Waals surface area contributed by atoms with Crippen LogP contribution >= 0.6 is 7.75 Å². The fourth-order valence-corrected chi connectivity index (χ4v) is 2.60. The van der Waals surface area contributed by atoms with Gasteiger partial charge in [-0.2, -0.15) is 0 Å². The summed E-state index contributed by atoms with van der Waals surface area (Å²) in [6.07, 6.45) is 2.97. The van der Waals surface area contributed by atoms with Crippen LogP contribution in [0.1, 0.15) is 30.0 Å². The number of carbonyl (C=O) groups is 1. The van der Waals surface area contributed by atoms with E-state index >= 15 is 0 Å². The molecule has 0 saturated carbocycles. The predicted molar refractivity (Wildman–Crippen MR) is 77.2 cm³/mol. The number of hydrogen-bond donors (Lipinski definition) is 2. The van der Waals surface area contributed by atoms with E-state index in [1.807, 2.05) is 0 Å². The molecule has 2 N–H and O–H groups in total. The molecule has 1 unspecified atom stereocenters. The fraction of sp³-hybridized carbons (Fsp3) is 0.417. The molecule has 0 aliphatic carbocycles. The van der Waals surface area contributed by atoms with Gasteiger partial charge >= 0.3 is 13.7 Å². The predicted octanol–water partition coefficient (Wildman–Crippen LogP) is 1.13. The minimum Gasteiger partial charge on any atom is -0.461 e. The van der Waals surface area contributed by atoms with Gasteiger partial charge in [0.2, 0.25) is 5.78 Å². The highest BCUT2D eigenvalue weighted by Crippen LogP contribution is 2.36. The van der Waals surface area contributed by atoms with Crippen LogP contribution in [-0.4, -0.2) is 38.4 Å². The third-order valence-electron chi connectivity index (χ3n) is 2.70. The zero-order valence-corrected chi connectivity index (χ0v) is 13.1. The number of esters is 1. The average Bonchev–Trinajstić information content (AvgIpc) is 2.90. The van der Waals surface area contributed by atoms with E-state index < -0.39 is 13.7 Å². The Morgan fingerprint density at radius 3 is 2.91 bits per heavy atom. The van der Waals surface area contributed by atoms with Gasteiger partial charge in [0.15, 0.2) is 5.69 Å². The van der Waals surface area contributed by atoms with Crippen molar-refractivity contribution >= 4 is 19.5 Å². The summed E-state index contributed by atoms with van der Waals surface area (Å²) in [5, 5.41) is 2.43. The molecule has 2 heterocycles. The van der Waals surface area contributed by atoms with Gasteiger partial charge in [0.05, 0.1) is 13.2 Å². The standard InChI is InChI=1S/C12H17N4O5P/c1-3-20-11(17)10-8-16-9(5-6-13-12(16)15-10)7-14-22(18,19)21-4-2/h5-6,8H,3-4,7H2,1-2H3,(H2,14,18,19). The van der Waals surface area contributed by atoms with E-state index in [2.05, 4.69) is 15.1 Å². The summed E-state index contributed by atoms with van der Waals surface area (Å²) in [6, 6.07) is 1.64. The zero-order chi connectivity index (χ0) is 16.2. The Hall–Kier alpha value is -1.80. The third-order valence-corrected chi connectivity index (χ3v) is 3.87. The normalized spacial score (nSPS) is 14.0. The van der Waals surface area contributed by atoms with Crippen LogP contribution in [0.2, 0.25) is 0 Å². The van der Waals surface area contributed by atoms with Crippen LogP contribution in [0.15, 0.2) is 18.5 Å². The highest BCUT2D eigenvalue weighted by molar-refractivity contribution is 7.50. The maximum atomic E-state index is 11.7. The SMILES string of the molecule is CCOC(=O)c1cn2c(CNP(=O)(O)OCC)ccnc2n1. The van der Waals surface area contributed by atoms with Crippen molar-refractivity contribution in [2.75, 3.05) is 13.2 Å². The Kier molecular flexibility index (Phi) is 5.25. The molecular formula is C12H17N4O5P. The third kappa shape index (κ3) is 3.89. The number of ether oxygens (including phenoxy) is 1. The molecular weight excluding hydrogens is 311 g/mol. The first-order valence-electron chi connectivity index (χ1n) is 6.69. The molecule has 10 heteroatoms. The van der Waals surface area contributed by atoms with E-state index in [0.717, 1.165) is 0 Å². The van der Waals surface area contributed by atoms with Gasteiger partial charge < -0.3 is 9.63 Å². The number of nitrogens with one attached hydrogen (secondary N) is 1. The van der Waals surface area contributed by atoms with E-state index in [1.165, 1.54) is 12.4 Å². The lowest BCUT2D eigenvalue weighted by molar-refractivity contribution is 0.0520. The van der Waals surface area contributed by atoms with Gasteiger partial charge in [0, 0.05) is 24.6 Å². The van der Waals surface area contributed by atoms with E-state index in [-0.39, 0.29) is 25.5 Å². The Morgan fingerprint density at radius 1 is 1.45 bits per heavy atom.